The molecule has 0 unspecified atom stereocenters. The van der Waals surface area contributed by atoms with Crippen molar-refractivity contribution in [2.24, 2.45) is 0 Å². The number of hydrogen-bond acceptors (Lipinski definition) is 3. The molecule has 0 spiro atoms. The summed E-state index contributed by atoms with van der Waals surface area (Å²) in [6.45, 7) is 5.45. The molecule has 0 radical (unpaired) electrons. The van der Waals surface area contributed by atoms with Crippen LogP contribution in [-0.2, 0) is 9.59 Å². The molecule has 0 saturated carbocycles. The summed E-state index contributed by atoms with van der Waals surface area (Å²) in [6.07, 6.45) is 2.95. The van der Waals surface area contributed by atoms with Gasteiger partial charge in [-0.1, -0.05) is 26.2 Å². The number of likely N-dealkylation sites (N-methyl/N-ethyl adjacent to an activating group) is 1. The molecule has 0 aromatic heterocycles. The molecular weight excluding hydrogens is 206 g/mol. The molecular formula is C12H20NO3-. The van der Waals surface area contributed by atoms with E-state index in [2.05, 4.69) is 5.32 Å². The third-order valence-electron chi connectivity index (χ3n) is 2.20. The molecule has 0 heterocycles. The molecule has 4 heteroatoms. The molecule has 0 aromatic rings. The summed E-state index contributed by atoms with van der Waals surface area (Å²) in [5.41, 5.74) is -0.210. The third-order valence-corrected chi connectivity index (χ3v) is 2.20. The number of hydrogen-bond donors (Lipinski definition) is 1. The Balaban J connectivity index is 4.65. The molecule has 0 aliphatic rings. The summed E-state index contributed by atoms with van der Waals surface area (Å²) in [4.78, 5) is 22.7. The quantitative estimate of drug-likeness (QED) is 0.230. The smallest absolute Gasteiger partial charge is 0.253 e. The van der Waals surface area contributed by atoms with Crippen LogP contribution in [0.1, 0.15) is 46.5 Å². The van der Waals surface area contributed by atoms with Gasteiger partial charge in [-0.25, -0.2) is 0 Å². The lowest BCUT2D eigenvalue weighted by molar-refractivity contribution is -0.308. The van der Waals surface area contributed by atoms with E-state index in [1.54, 1.807) is 6.92 Å². The first-order valence-corrected chi connectivity index (χ1v) is 5.73. The van der Waals surface area contributed by atoms with Crippen molar-refractivity contribution in [2.45, 2.75) is 46.5 Å². The number of carbonyl (C=O) groups excluding carboxylic acids is 2. The summed E-state index contributed by atoms with van der Waals surface area (Å²) in [5, 5.41) is 14.1. The van der Waals surface area contributed by atoms with Crippen LogP contribution in [0.2, 0.25) is 0 Å². The van der Waals surface area contributed by atoms with E-state index in [4.69, 9.17) is 0 Å². The molecule has 92 valence electrons. The van der Waals surface area contributed by atoms with E-state index in [0.717, 1.165) is 19.3 Å². The molecule has 0 atom stereocenters. The van der Waals surface area contributed by atoms with Crippen LogP contribution < -0.4 is 10.4 Å². The zero-order valence-corrected chi connectivity index (χ0v) is 10.3. The highest BCUT2D eigenvalue weighted by molar-refractivity contribution is 6.18. The topological polar surface area (TPSA) is 69.2 Å². The summed E-state index contributed by atoms with van der Waals surface area (Å²) >= 11 is 0. The van der Waals surface area contributed by atoms with E-state index in [0.29, 0.717) is 6.54 Å². The van der Waals surface area contributed by atoms with Crippen LogP contribution in [0, 0.1) is 0 Å². The highest BCUT2D eigenvalue weighted by atomic mass is 16.3. The van der Waals surface area contributed by atoms with E-state index in [1.165, 1.54) is 6.92 Å². The van der Waals surface area contributed by atoms with Crippen LogP contribution in [0.5, 0.6) is 0 Å². The van der Waals surface area contributed by atoms with Gasteiger partial charge in [-0.15, -0.1) is 5.76 Å². The fourth-order valence-corrected chi connectivity index (χ4v) is 1.39. The number of carbonyl (C=O) groups is 2. The first-order valence-electron chi connectivity index (χ1n) is 5.73. The van der Waals surface area contributed by atoms with Crippen molar-refractivity contribution < 1.29 is 14.7 Å². The molecule has 0 rings (SSSR count). The molecule has 0 aliphatic heterocycles. The Morgan fingerprint density at radius 2 is 1.81 bits per heavy atom. The van der Waals surface area contributed by atoms with E-state index in [9.17, 15) is 14.7 Å². The van der Waals surface area contributed by atoms with Gasteiger partial charge in [0.15, 0.2) is 5.78 Å². The maximum Gasteiger partial charge on any atom is 0.253 e. The monoisotopic (exact) mass is 226 g/mol. The number of Topliss-reactive ketones (excluding diaryl/α,β-unsaturated/α-hetero) is 1. The Hall–Kier alpha value is -1.32. The van der Waals surface area contributed by atoms with E-state index in [-0.39, 0.29) is 17.8 Å². The fraction of sp³-hybridized carbons (Fsp3) is 0.667. The average molecular weight is 226 g/mol. The van der Waals surface area contributed by atoms with Crippen LogP contribution in [0.4, 0.5) is 0 Å². The van der Waals surface area contributed by atoms with Crippen molar-refractivity contribution in [3.8, 4) is 0 Å². The minimum absolute atomic E-state index is 0.210. The number of nitrogens with one attached hydrogen (secondary N) is 1. The first kappa shape index (κ1) is 14.7. The van der Waals surface area contributed by atoms with Gasteiger partial charge in [-0.05, 0) is 20.3 Å². The van der Waals surface area contributed by atoms with Crippen molar-refractivity contribution in [1.29, 1.82) is 0 Å². The van der Waals surface area contributed by atoms with E-state index >= 15 is 0 Å². The summed E-state index contributed by atoms with van der Waals surface area (Å²) in [5.74, 6) is -1.34. The van der Waals surface area contributed by atoms with Gasteiger partial charge in [0, 0.05) is 6.54 Å². The van der Waals surface area contributed by atoms with Crippen LogP contribution in [0.25, 0.3) is 0 Å². The van der Waals surface area contributed by atoms with Gasteiger partial charge >= 0.3 is 0 Å². The Labute approximate surface area is 96.7 Å². The third kappa shape index (κ3) is 4.96. The fourth-order valence-electron chi connectivity index (χ4n) is 1.39. The summed E-state index contributed by atoms with van der Waals surface area (Å²) < 4.78 is 0. The van der Waals surface area contributed by atoms with Crippen molar-refractivity contribution in [3.05, 3.63) is 11.3 Å². The molecule has 4 nitrogen and oxygen atoms in total. The maximum atomic E-state index is 11.7. The number of unbranched alkanes of at least 4 members (excludes halogenated alkanes) is 2. The SMILES string of the molecule is CCCCCC([O-])=C(C(C)=O)C(=O)NCC. The first-order chi connectivity index (χ1) is 7.54. The van der Waals surface area contributed by atoms with Crippen molar-refractivity contribution in [2.75, 3.05) is 6.54 Å². The largest absolute Gasteiger partial charge is 0.875 e. The second kappa shape index (κ2) is 7.91. The summed E-state index contributed by atoms with van der Waals surface area (Å²) in [7, 11) is 0. The zero-order valence-electron chi connectivity index (χ0n) is 10.3. The van der Waals surface area contributed by atoms with Crippen molar-refractivity contribution in [3.63, 3.8) is 0 Å². The number of amides is 1. The van der Waals surface area contributed by atoms with Crippen LogP contribution in [0.3, 0.4) is 0 Å². The lowest BCUT2D eigenvalue weighted by atomic mass is 10.1. The zero-order chi connectivity index (χ0) is 12.6. The van der Waals surface area contributed by atoms with Gasteiger partial charge in [0.1, 0.15) is 0 Å². The molecule has 0 saturated heterocycles. The van der Waals surface area contributed by atoms with E-state index in [1.807, 2.05) is 6.92 Å². The predicted molar refractivity (Wildman–Crippen MR) is 60.5 cm³/mol. The molecule has 1 N–H and O–H groups in total. The second-order valence-electron chi connectivity index (χ2n) is 3.67. The lowest BCUT2D eigenvalue weighted by Gasteiger charge is -2.16. The molecule has 1 amide bonds. The Kier molecular flexibility index (Phi) is 7.25. The normalized spacial score (nSPS) is 11.9. The average Bonchev–Trinajstić information content (AvgIpc) is 2.18. The van der Waals surface area contributed by atoms with E-state index < -0.39 is 11.7 Å². The van der Waals surface area contributed by atoms with Gasteiger partial charge in [0.2, 0.25) is 0 Å². The Morgan fingerprint density at radius 3 is 2.25 bits per heavy atom. The molecule has 0 aliphatic carbocycles. The van der Waals surface area contributed by atoms with Gasteiger partial charge in [0.25, 0.3) is 5.91 Å². The van der Waals surface area contributed by atoms with Gasteiger partial charge < -0.3 is 10.4 Å². The van der Waals surface area contributed by atoms with Gasteiger partial charge in [-0.2, -0.15) is 0 Å². The van der Waals surface area contributed by atoms with Crippen LogP contribution in [0.15, 0.2) is 11.3 Å². The Bertz CT molecular complexity index is 282. The van der Waals surface area contributed by atoms with Crippen LogP contribution in [-0.4, -0.2) is 18.2 Å². The number of rotatable bonds is 7. The van der Waals surface area contributed by atoms with Crippen molar-refractivity contribution >= 4 is 11.7 Å². The number of ketones is 1. The lowest BCUT2D eigenvalue weighted by Crippen LogP contribution is -2.30. The minimum atomic E-state index is -0.545. The highest BCUT2D eigenvalue weighted by Gasteiger charge is 2.13. The second-order valence-corrected chi connectivity index (χ2v) is 3.67. The van der Waals surface area contributed by atoms with Gasteiger partial charge in [0.05, 0.1) is 5.57 Å². The molecule has 0 fully saturated rings. The minimum Gasteiger partial charge on any atom is -0.875 e. The predicted octanol–water partition coefficient (Wildman–Crippen LogP) is 0.906. The molecule has 0 bridgehead atoms. The van der Waals surface area contributed by atoms with Gasteiger partial charge in [-0.3, -0.25) is 9.59 Å². The molecule has 16 heavy (non-hydrogen) atoms. The maximum absolute atomic E-state index is 11.7. The van der Waals surface area contributed by atoms with Crippen LogP contribution >= 0.6 is 0 Å². The molecule has 0 aromatic carbocycles. The standard InChI is InChI=1S/C12H21NO3/c1-4-6-7-8-10(15)11(9(3)14)12(16)13-5-2/h15H,4-8H2,1-3H3,(H,13,16)/p-1. The Morgan fingerprint density at radius 1 is 1.19 bits per heavy atom. The van der Waals surface area contributed by atoms with Crippen molar-refractivity contribution in [1.82, 2.24) is 5.32 Å². The number of allylic oxidation sites excluding steroid dienone is 1. The highest BCUT2D eigenvalue weighted by Crippen LogP contribution is 2.10. The summed E-state index contributed by atoms with van der Waals surface area (Å²) in [6, 6.07) is 0.